The summed E-state index contributed by atoms with van der Waals surface area (Å²) in [4.78, 5) is 26.6. The van der Waals surface area contributed by atoms with Crippen molar-refractivity contribution in [3.63, 3.8) is 0 Å². The summed E-state index contributed by atoms with van der Waals surface area (Å²) in [6.45, 7) is 7.00. The van der Waals surface area contributed by atoms with Gasteiger partial charge in [0.1, 0.15) is 12.3 Å². The number of morpholine rings is 2. The van der Waals surface area contributed by atoms with Crippen LogP contribution in [0.4, 0.5) is 23.0 Å². The van der Waals surface area contributed by atoms with Crippen molar-refractivity contribution >= 4 is 28.9 Å². The van der Waals surface area contributed by atoms with Crippen molar-refractivity contribution in [1.29, 1.82) is 0 Å². The van der Waals surface area contributed by atoms with Gasteiger partial charge in [-0.15, -0.1) is 0 Å². The Morgan fingerprint density at radius 3 is 2.22 bits per heavy atom. The van der Waals surface area contributed by atoms with Gasteiger partial charge in [-0.3, -0.25) is 9.69 Å². The first-order valence-electron chi connectivity index (χ1n) is 12.6. The van der Waals surface area contributed by atoms with Crippen LogP contribution in [0.5, 0.6) is 5.88 Å². The Morgan fingerprint density at radius 1 is 0.838 bits per heavy atom. The van der Waals surface area contributed by atoms with Gasteiger partial charge in [0, 0.05) is 55.9 Å². The quantitative estimate of drug-likeness (QED) is 0.455. The maximum atomic E-state index is 13.2. The molecule has 1 aromatic heterocycles. The Kier molecular flexibility index (Phi) is 8.42. The first-order valence-corrected chi connectivity index (χ1v) is 12.6. The van der Waals surface area contributed by atoms with Crippen LogP contribution < -0.4 is 20.3 Å². The summed E-state index contributed by atoms with van der Waals surface area (Å²) in [5, 5.41) is 6.27. The van der Waals surface area contributed by atoms with Crippen LogP contribution in [0.15, 0.2) is 60.7 Å². The van der Waals surface area contributed by atoms with Gasteiger partial charge in [-0.1, -0.05) is 18.2 Å². The number of hydrogen-bond acceptors (Lipinski definition) is 9. The van der Waals surface area contributed by atoms with E-state index in [0.717, 1.165) is 44.2 Å². The molecule has 0 saturated carbocycles. The van der Waals surface area contributed by atoms with Gasteiger partial charge in [-0.25, -0.2) is 4.98 Å². The zero-order valence-electron chi connectivity index (χ0n) is 20.8. The predicted molar refractivity (Wildman–Crippen MR) is 142 cm³/mol. The van der Waals surface area contributed by atoms with Crippen LogP contribution in [-0.4, -0.2) is 86.5 Å². The Morgan fingerprint density at radius 2 is 1.49 bits per heavy atom. The minimum absolute atomic E-state index is 0.254. The smallest absolute Gasteiger partial charge is 0.274 e. The molecule has 1 amide bonds. The molecule has 2 aliphatic heterocycles. The molecule has 2 fully saturated rings. The normalized spacial score (nSPS) is 16.3. The summed E-state index contributed by atoms with van der Waals surface area (Å²) < 4.78 is 16.8. The van der Waals surface area contributed by atoms with Gasteiger partial charge in [0.2, 0.25) is 11.8 Å². The molecule has 2 saturated heterocycles. The zero-order chi connectivity index (χ0) is 25.3. The lowest BCUT2D eigenvalue weighted by Crippen LogP contribution is -2.39. The third kappa shape index (κ3) is 7.16. The fourth-order valence-electron chi connectivity index (χ4n) is 4.13. The van der Waals surface area contributed by atoms with Gasteiger partial charge in [0.25, 0.3) is 5.91 Å². The number of para-hydroxylation sites is 1. The van der Waals surface area contributed by atoms with Gasteiger partial charge in [0.15, 0.2) is 0 Å². The first-order chi connectivity index (χ1) is 18.2. The minimum Gasteiger partial charge on any atom is -0.476 e. The van der Waals surface area contributed by atoms with Crippen molar-refractivity contribution in [2.75, 3.05) is 81.3 Å². The third-order valence-electron chi connectivity index (χ3n) is 6.18. The summed E-state index contributed by atoms with van der Waals surface area (Å²) in [6, 6.07) is 19.1. The average molecular weight is 505 g/mol. The van der Waals surface area contributed by atoms with Crippen molar-refractivity contribution in [2.24, 2.45) is 0 Å². The topological polar surface area (TPSA) is 101 Å². The molecule has 3 aromatic rings. The number of nitrogens with zero attached hydrogens (tertiary/aromatic N) is 4. The Labute approximate surface area is 216 Å². The number of hydrogen-bond donors (Lipinski definition) is 2. The fourth-order valence-corrected chi connectivity index (χ4v) is 4.13. The van der Waals surface area contributed by atoms with E-state index in [2.05, 4.69) is 25.5 Å². The standard InChI is InChI=1S/C27H32N6O4/c34-26(29-23-8-6-22(7-9-23)28-21-4-2-1-3-5-21)24-20-25(37-19-12-32-10-15-35-16-11-32)31-27(30-24)33-13-17-36-18-14-33/h1-9,20,28H,10-19H2,(H,29,34). The van der Waals surface area contributed by atoms with E-state index in [0.29, 0.717) is 50.4 Å². The molecule has 10 nitrogen and oxygen atoms in total. The molecule has 0 unspecified atom stereocenters. The third-order valence-corrected chi connectivity index (χ3v) is 6.18. The molecule has 2 aromatic carbocycles. The van der Waals surface area contributed by atoms with Crippen molar-refractivity contribution < 1.29 is 19.0 Å². The maximum absolute atomic E-state index is 13.2. The van der Waals surface area contributed by atoms with E-state index in [1.807, 2.05) is 59.5 Å². The lowest BCUT2D eigenvalue weighted by Gasteiger charge is -2.27. The van der Waals surface area contributed by atoms with Gasteiger partial charge in [-0.05, 0) is 36.4 Å². The molecule has 0 spiro atoms. The van der Waals surface area contributed by atoms with Crippen LogP contribution in [0.25, 0.3) is 0 Å². The summed E-state index contributed by atoms with van der Waals surface area (Å²) in [5.74, 6) is 0.538. The number of anilines is 4. The largest absolute Gasteiger partial charge is 0.476 e. The Balaban J connectivity index is 1.26. The molecular formula is C27H32N6O4. The fraction of sp³-hybridized carbons (Fsp3) is 0.370. The highest BCUT2D eigenvalue weighted by molar-refractivity contribution is 6.03. The molecule has 0 radical (unpaired) electrons. The van der Waals surface area contributed by atoms with Crippen molar-refractivity contribution in [3.05, 3.63) is 66.4 Å². The molecule has 2 N–H and O–H groups in total. The summed E-state index contributed by atoms with van der Waals surface area (Å²) in [5.41, 5.74) is 2.85. The average Bonchev–Trinajstić information content (AvgIpc) is 2.95. The number of rotatable bonds is 9. The van der Waals surface area contributed by atoms with E-state index >= 15 is 0 Å². The summed E-state index contributed by atoms with van der Waals surface area (Å²) >= 11 is 0. The van der Waals surface area contributed by atoms with E-state index in [1.165, 1.54) is 0 Å². The van der Waals surface area contributed by atoms with Crippen LogP contribution in [0.2, 0.25) is 0 Å². The first kappa shape index (κ1) is 24.9. The van der Waals surface area contributed by atoms with Gasteiger partial charge in [-0.2, -0.15) is 4.98 Å². The predicted octanol–water partition coefficient (Wildman–Crippen LogP) is 3.02. The lowest BCUT2D eigenvalue weighted by molar-refractivity contribution is 0.0320. The molecule has 0 atom stereocenters. The number of amides is 1. The molecule has 5 rings (SSSR count). The second-order valence-electron chi connectivity index (χ2n) is 8.82. The van der Waals surface area contributed by atoms with Crippen LogP contribution in [0.3, 0.4) is 0 Å². The van der Waals surface area contributed by atoms with Crippen LogP contribution in [-0.2, 0) is 9.47 Å². The highest BCUT2D eigenvalue weighted by atomic mass is 16.5. The maximum Gasteiger partial charge on any atom is 0.274 e. The monoisotopic (exact) mass is 504 g/mol. The van der Waals surface area contributed by atoms with Gasteiger partial charge >= 0.3 is 0 Å². The number of carbonyl (C=O) groups is 1. The van der Waals surface area contributed by atoms with Crippen molar-refractivity contribution in [1.82, 2.24) is 14.9 Å². The molecule has 10 heteroatoms. The minimum atomic E-state index is -0.321. The highest BCUT2D eigenvalue weighted by Gasteiger charge is 2.19. The lowest BCUT2D eigenvalue weighted by atomic mass is 10.2. The van der Waals surface area contributed by atoms with Gasteiger partial charge < -0.3 is 29.7 Å². The molecule has 0 bridgehead atoms. The number of carbonyl (C=O) groups excluding carboxylic acids is 1. The zero-order valence-corrected chi connectivity index (χ0v) is 20.8. The SMILES string of the molecule is O=C(Nc1ccc(Nc2ccccc2)cc1)c1cc(OCCN2CCOCC2)nc(N2CCOCC2)n1. The van der Waals surface area contributed by atoms with E-state index in [9.17, 15) is 4.79 Å². The van der Waals surface area contributed by atoms with E-state index in [-0.39, 0.29) is 11.6 Å². The highest BCUT2D eigenvalue weighted by Crippen LogP contribution is 2.21. The Bertz CT molecular complexity index is 1150. The number of ether oxygens (including phenoxy) is 3. The molecule has 0 aliphatic carbocycles. The second-order valence-corrected chi connectivity index (χ2v) is 8.82. The second kappa shape index (κ2) is 12.5. The van der Waals surface area contributed by atoms with Crippen LogP contribution in [0, 0.1) is 0 Å². The Hall–Kier alpha value is -3.73. The molecule has 194 valence electrons. The number of benzene rings is 2. The number of aromatic nitrogens is 2. The van der Waals surface area contributed by atoms with Crippen molar-refractivity contribution in [2.45, 2.75) is 0 Å². The van der Waals surface area contributed by atoms with E-state index in [4.69, 9.17) is 14.2 Å². The molecule has 3 heterocycles. The summed E-state index contributed by atoms with van der Waals surface area (Å²) in [6.07, 6.45) is 0. The molecular weight excluding hydrogens is 472 g/mol. The van der Waals surface area contributed by atoms with E-state index < -0.39 is 0 Å². The molecule has 2 aliphatic rings. The summed E-state index contributed by atoms with van der Waals surface area (Å²) in [7, 11) is 0. The van der Waals surface area contributed by atoms with Crippen molar-refractivity contribution in [3.8, 4) is 5.88 Å². The van der Waals surface area contributed by atoms with Crippen LogP contribution >= 0.6 is 0 Å². The van der Waals surface area contributed by atoms with Crippen LogP contribution in [0.1, 0.15) is 10.5 Å². The van der Waals surface area contributed by atoms with Gasteiger partial charge in [0.05, 0.1) is 26.4 Å². The van der Waals surface area contributed by atoms with E-state index in [1.54, 1.807) is 6.07 Å². The molecule has 37 heavy (non-hydrogen) atoms. The number of nitrogens with one attached hydrogen (secondary N) is 2.